The van der Waals surface area contributed by atoms with Crippen LogP contribution in [0, 0.1) is 11.6 Å². The van der Waals surface area contributed by atoms with Crippen molar-refractivity contribution in [2.24, 2.45) is 0 Å². The lowest BCUT2D eigenvalue weighted by Gasteiger charge is -2.24. The monoisotopic (exact) mass is 360 g/mol. The number of likely N-dealkylation sites (tertiary alicyclic amines) is 1. The van der Waals surface area contributed by atoms with Crippen molar-refractivity contribution >= 4 is 18.3 Å². The third-order valence-electron chi connectivity index (χ3n) is 4.56. The molecule has 2 unspecified atom stereocenters. The molecule has 0 aliphatic carbocycles. The first-order chi connectivity index (χ1) is 11.1. The molecule has 2 bridgehead atoms. The number of nitrogens with one attached hydrogen (secondary N) is 1. The number of amides is 1. The Kier molecular flexibility index (Phi) is 6.80. The van der Waals surface area contributed by atoms with Crippen LogP contribution in [0.4, 0.5) is 8.78 Å². The van der Waals surface area contributed by atoms with Crippen molar-refractivity contribution in [3.63, 3.8) is 0 Å². The van der Waals surface area contributed by atoms with E-state index in [1.165, 1.54) is 12.5 Å². The number of hydrogen-bond donors (Lipinski definition) is 1. The molecule has 2 heterocycles. The lowest BCUT2D eigenvalue weighted by atomic mass is 10.1. The molecule has 0 spiro atoms. The van der Waals surface area contributed by atoms with Gasteiger partial charge in [-0.2, -0.15) is 0 Å². The van der Waals surface area contributed by atoms with Crippen molar-refractivity contribution < 1.29 is 18.3 Å². The quantitative estimate of drug-likeness (QED) is 0.821. The molecule has 0 aromatic heterocycles. The zero-order valence-corrected chi connectivity index (χ0v) is 14.3. The molecule has 2 fully saturated rings. The summed E-state index contributed by atoms with van der Waals surface area (Å²) < 4.78 is 31.5. The van der Waals surface area contributed by atoms with Crippen LogP contribution in [-0.2, 0) is 4.79 Å². The van der Waals surface area contributed by atoms with Crippen molar-refractivity contribution in [2.75, 3.05) is 19.7 Å². The summed E-state index contributed by atoms with van der Waals surface area (Å²) in [6, 6.07) is 4.20. The standard InChI is InChI=1S/C17H22F2N2O2.ClH/c18-12-3-6-16(15(19)10-12)23-9-1-2-17(22)21-8-7-13-4-5-14(11-21)20-13;/h3,6,10,13-14,20H,1-2,4-5,7-9,11H2;1H. The summed E-state index contributed by atoms with van der Waals surface area (Å²) in [5.41, 5.74) is 0. The first kappa shape index (κ1) is 18.9. The minimum Gasteiger partial charge on any atom is -0.491 e. The Balaban J connectivity index is 0.00000208. The van der Waals surface area contributed by atoms with Gasteiger partial charge in [0.15, 0.2) is 11.6 Å². The van der Waals surface area contributed by atoms with E-state index in [0.717, 1.165) is 38.1 Å². The zero-order valence-electron chi connectivity index (χ0n) is 13.5. The van der Waals surface area contributed by atoms with Gasteiger partial charge in [-0.3, -0.25) is 4.79 Å². The van der Waals surface area contributed by atoms with E-state index < -0.39 is 11.6 Å². The van der Waals surface area contributed by atoms with E-state index in [9.17, 15) is 13.6 Å². The first-order valence-corrected chi connectivity index (χ1v) is 8.23. The summed E-state index contributed by atoms with van der Waals surface area (Å²) in [5.74, 6) is -1.20. The number of rotatable bonds is 5. The Labute approximate surface area is 147 Å². The highest BCUT2D eigenvalue weighted by atomic mass is 35.5. The minimum atomic E-state index is -0.717. The molecular weight excluding hydrogens is 338 g/mol. The number of halogens is 3. The highest BCUT2D eigenvalue weighted by Crippen LogP contribution is 2.21. The van der Waals surface area contributed by atoms with Crippen LogP contribution in [0.5, 0.6) is 5.75 Å². The molecule has 7 heteroatoms. The maximum absolute atomic E-state index is 13.4. The molecule has 4 nitrogen and oxygen atoms in total. The largest absolute Gasteiger partial charge is 0.491 e. The molecule has 24 heavy (non-hydrogen) atoms. The average molecular weight is 361 g/mol. The van der Waals surface area contributed by atoms with E-state index in [-0.39, 0.29) is 30.7 Å². The predicted octanol–water partition coefficient (Wildman–Crippen LogP) is 2.90. The Morgan fingerprint density at radius 3 is 2.83 bits per heavy atom. The molecule has 2 aliphatic rings. The molecule has 1 N–H and O–H groups in total. The van der Waals surface area contributed by atoms with E-state index in [0.29, 0.717) is 24.9 Å². The van der Waals surface area contributed by atoms with E-state index >= 15 is 0 Å². The molecule has 2 atom stereocenters. The van der Waals surface area contributed by atoms with Gasteiger partial charge in [-0.1, -0.05) is 0 Å². The van der Waals surface area contributed by atoms with Crippen molar-refractivity contribution in [3.05, 3.63) is 29.8 Å². The van der Waals surface area contributed by atoms with E-state index in [4.69, 9.17) is 4.74 Å². The van der Waals surface area contributed by atoms with Crippen molar-refractivity contribution in [2.45, 2.75) is 44.2 Å². The number of carbonyl (C=O) groups excluding carboxylic acids is 1. The lowest BCUT2D eigenvalue weighted by Crippen LogP contribution is -2.39. The van der Waals surface area contributed by atoms with E-state index in [1.807, 2.05) is 4.90 Å². The second-order valence-electron chi connectivity index (χ2n) is 6.29. The highest BCUT2D eigenvalue weighted by Gasteiger charge is 2.30. The maximum Gasteiger partial charge on any atom is 0.222 e. The Morgan fingerprint density at radius 2 is 2.04 bits per heavy atom. The van der Waals surface area contributed by atoms with Gasteiger partial charge in [0.1, 0.15) is 5.82 Å². The van der Waals surface area contributed by atoms with Crippen molar-refractivity contribution in [3.8, 4) is 5.75 Å². The maximum atomic E-state index is 13.4. The SMILES string of the molecule is Cl.O=C(CCCOc1ccc(F)cc1F)N1CCC2CCC(C1)N2. The molecule has 1 aromatic carbocycles. The number of hydrogen-bond acceptors (Lipinski definition) is 3. The van der Waals surface area contributed by atoms with Crippen molar-refractivity contribution in [1.82, 2.24) is 10.2 Å². The molecular formula is C17H23ClF2N2O2. The second kappa shape index (κ2) is 8.62. The number of fused-ring (bicyclic) bond motifs is 2. The molecule has 3 rings (SSSR count). The van der Waals surface area contributed by atoms with Gasteiger partial charge >= 0.3 is 0 Å². The van der Waals surface area contributed by atoms with Crippen LogP contribution in [0.1, 0.15) is 32.1 Å². The summed E-state index contributed by atoms with van der Waals surface area (Å²) in [4.78, 5) is 14.2. The van der Waals surface area contributed by atoms with Gasteiger partial charge in [-0.05, 0) is 37.8 Å². The molecule has 1 aromatic rings. The summed E-state index contributed by atoms with van der Waals surface area (Å²) in [6.07, 6.45) is 4.28. The highest BCUT2D eigenvalue weighted by molar-refractivity contribution is 5.85. The number of ether oxygens (including phenoxy) is 1. The fourth-order valence-electron chi connectivity index (χ4n) is 3.33. The Hall–Kier alpha value is -1.40. The zero-order chi connectivity index (χ0) is 16.2. The fraction of sp³-hybridized carbons (Fsp3) is 0.588. The second-order valence-corrected chi connectivity index (χ2v) is 6.29. The van der Waals surface area contributed by atoms with Crippen LogP contribution < -0.4 is 10.1 Å². The van der Waals surface area contributed by atoms with Gasteiger partial charge in [0.25, 0.3) is 0 Å². The van der Waals surface area contributed by atoms with Gasteiger partial charge in [-0.15, -0.1) is 12.4 Å². The van der Waals surface area contributed by atoms with Gasteiger partial charge in [0.2, 0.25) is 5.91 Å². The third kappa shape index (κ3) is 4.80. The minimum absolute atomic E-state index is 0. The molecule has 1 amide bonds. The van der Waals surface area contributed by atoms with E-state index in [1.54, 1.807) is 0 Å². The molecule has 2 aliphatic heterocycles. The van der Waals surface area contributed by atoms with E-state index in [2.05, 4.69) is 5.32 Å². The Morgan fingerprint density at radius 1 is 1.25 bits per heavy atom. The van der Waals surface area contributed by atoms with Gasteiger partial charge in [-0.25, -0.2) is 8.78 Å². The van der Waals surface area contributed by atoms with Crippen LogP contribution in [0.2, 0.25) is 0 Å². The normalized spacial score (nSPS) is 22.7. The predicted molar refractivity (Wildman–Crippen MR) is 89.5 cm³/mol. The van der Waals surface area contributed by atoms with Crippen LogP contribution in [0.3, 0.4) is 0 Å². The van der Waals surface area contributed by atoms with Crippen LogP contribution in [-0.4, -0.2) is 42.6 Å². The molecule has 2 saturated heterocycles. The number of nitrogens with zero attached hydrogens (tertiary/aromatic N) is 1. The topological polar surface area (TPSA) is 41.6 Å². The Bertz CT molecular complexity index is 574. The number of benzene rings is 1. The molecule has 0 saturated carbocycles. The molecule has 134 valence electrons. The van der Waals surface area contributed by atoms with Crippen LogP contribution in [0.25, 0.3) is 0 Å². The summed E-state index contributed by atoms with van der Waals surface area (Å²) in [5, 5.41) is 3.55. The average Bonchev–Trinajstić information content (AvgIpc) is 2.84. The summed E-state index contributed by atoms with van der Waals surface area (Å²) in [7, 11) is 0. The van der Waals surface area contributed by atoms with Crippen LogP contribution in [0.15, 0.2) is 18.2 Å². The van der Waals surface area contributed by atoms with Gasteiger partial charge < -0.3 is 15.0 Å². The number of carbonyl (C=O) groups is 1. The molecule has 0 radical (unpaired) electrons. The fourth-order valence-corrected chi connectivity index (χ4v) is 3.33. The first-order valence-electron chi connectivity index (χ1n) is 8.23. The smallest absolute Gasteiger partial charge is 0.222 e. The van der Waals surface area contributed by atoms with Crippen molar-refractivity contribution in [1.29, 1.82) is 0 Å². The lowest BCUT2D eigenvalue weighted by molar-refractivity contribution is -0.131. The van der Waals surface area contributed by atoms with Gasteiger partial charge in [0, 0.05) is 37.7 Å². The summed E-state index contributed by atoms with van der Waals surface area (Å²) >= 11 is 0. The summed E-state index contributed by atoms with van der Waals surface area (Å²) in [6.45, 7) is 1.83. The van der Waals surface area contributed by atoms with Gasteiger partial charge in [0.05, 0.1) is 6.61 Å². The van der Waals surface area contributed by atoms with Crippen LogP contribution >= 0.6 is 12.4 Å². The third-order valence-corrected chi connectivity index (χ3v) is 4.56.